The Hall–Kier alpha value is -2.93. The Labute approximate surface area is 145 Å². The van der Waals surface area contributed by atoms with Gasteiger partial charge in [0.25, 0.3) is 11.6 Å². The molecule has 0 heterocycles. The second-order valence-electron chi connectivity index (χ2n) is 6.27. The van der Waals surface area contributed by atoms with Crippen molar-refractivity contribution in [3.8, 4) is 0 Å². The van der Waals surface area contributed by atoms with Crippen molar-refractivity contribution in [1.82, 2.24) is 5.32 Å². The van der Waals surface area contributed by atoms with Gasteiger partial charge in [0.2, 0.25) is 0 Å². The summed E-state index contributed by atoms with van der Waals surface area (Å²) < 4.78 is 0. The number of hydrogen-bond acceptors (Lipinski definition) is 5. The van der Waals surface area contributed by atoms with E-state index in [2.05, 4.69) is 5.32 Å². The number of nitrogens with one attached hydrogen (secondary N) is 1. The number of nitro benzene ring substituents is 1. The first-order chi connectivity index (χ1) is 11.9. The fourth-order valence-electron chi connectivity index (χ4n) is 3.18. The lowest BCUT2D eigenvalue weighted by Crippen LogP contribution is -2.34. The molecular formula is C18H19N3O4. The highest BCUT2D eigenvalue weighted by atomic mass is 16.6. The van der Waals surface area contributed by atoms with Crippen molar-refractivity contribution in [1.29, 1.82) is 0 Å². The van der Waals surface area contributed by atoms with Crippen LogP contribution in [-0.2, 0) is 6.42 Å². The summed E-state index contributed by atoms with van der Waals surface area (Å²) in [6.45, 7) is 0. The molecule has 0 saturated carbocycles. The first-order valence-electron chi connectivity index (χ1n) is 7.91. The van der Waals surface area contributed by atoms with E-state index in [-0.39, 0.29) is 11.3 Å². The van der Waals surface area contributed by atoms with Crippen LogP contribution in [-0.4, -0.2) is 36.1 Å². The fraction of sp³-hybridized carbons (Fsp3) is 0.278. The molecule has 0 saturated heterocycles. The standard InChI is InChI=1S/C18H19N3O4/c1-20(2)15-8-7-12(21(24)25)10-14(15)18(23)19-17-13-6-4-3-5-11(13)9-16(17)22/h3-8,10,16-17,22H,9H2,1-2H3,(H,19,23)/t16-,17+/m1/s1. The molecule has 0 bridgehead atoms. The van der Waals surface area contributed by atoms with Gasteiger partial charge in [0.15, 0.2) is 0 Å². The van der Waals surface area contributed by atoms with Crippen LogP contribution in [0.25, 0.3) is 0 Å². The van der Waals surface area contributed by atoms with Crippen LogP contribution in [0.15, 0.2) is 42.5 Å². The summed E-state index contributed by atoms with van der Waals surface area (Å²) in [6.07, 6.45) is -0.251. The van der Waals surface area contributed by atoms with Gasteiger partial charge in [-0.05, 0) is 17.2 Å². The summed E-state index contributed by atoms with van der Waals surface area (Å²) >= 11 is 0. The fourth-order valence-corrected chi connectivity index (χ4v) is 3.18. The van der Waals surface area contributed by atoms with E-state index in [1.54, 1.807) is 25.1 Å². The number of nitro groups is 1. The SMILES string of the molecule is CN(C)c1ccc([N+](=O)[O-])cc1C(=O)N[C@H]1c2ccccc2C[C@H]1O. The minimum atomic E-state index is -0.720. The van der Waals surface area contributed by atoms with Crippen LogP contribution in [0.1, 0.15) is 27.5 Å². The highest BCUT2D eigenvalue weighted by Crippen LogP contribution is 2.32. The molecule has 0 aliphatic heterocycles. The van der Waals surface area contributed by atoms with Crippen LogP contribution < -0.4 is 10.2 Å². The molecule has 0 fully saturated rings. The third-order valence-electron chi connectivity index (χ3n) is 4.41. The maximum Gasteiger partial charge on any atom is 0.270 e. The van der Waals surface area contributed by atoms with E-state index in [0.717, 1.165) is 11.1 Å². The van der Waals surface area contributed by atoms with Gasteiger partial charge in [-0.1, -0.05) is 24.3 Å². The quantitative estimate of drug-likeness (QED) is 0.655. The van der Waals surface area contributed by atoms with Crippen LogP contribution in [0.4, 0.5) is 11.4 Å². The molecule has 7 heteroatoms. The Morgan fingerprint density at radius 3 is 2.68 bits per heavy atom. The van der Waals surface area contributed by atoms with Crippen molar-refractivity contribution < 1.29 is 14.8 Å². The van der Waals surface area contributed by atoms with Crippen molar-refractivity contribution >= 4 is 17.3 Å². The third-order valence-corrected chi connectivity index (χ3v) is 4.41. The molecule has 1 aliphatic rings. The molecule has 1 aliphatic carbocycles. The van der Waals surface area contributed by atoms with Crippen molar-refractivity contribution in [3.05, 3.63) is 69.3 Å². The Balaban J connectivity index is 1.93. The van der Waals surface area contributed by atoms with Crippen LogP contribution in [0.3, 0.4) is 0 Å². The number of nitrogens with zero attached hydrogens (tertiary/aromatic N) is 2. The molecule has 2 atom stereocenters. The molecule has 7 nitrogen and oxygen atoms in total. The van der Waals surface area contributed by atoms with Gasteiger partial charge in [0, 0.05) is 38.3 Å². The number of aliphatic hydroxyl groups is 1. The predicted molar refractivity (Wildman–Crippen MR) is 93.8 cm³/mol. The number of carbonyl (C=O) groups excluding carboxylic acids is 1. The number of benzene rings is 2. The summed E-state index contributed by atoms with van der Waals surface area (Å²) in [5, 5.41) is 24.2. The number of hydrogen-bond donors (Lipinski definition) is 2. The molecule has 0 unspecified atom stereocenters. The van der Waals surface area contributed by atoms with Gasteiger partial charge in [-0.3, -0.25) is 14.9 Å². The van der Waals surface area contributed by atoms with Crippen molar-refractivity contribution in [2.75, 3.05) is 19.0 Å². The van der Waals surface area contributed by atoms with Crippen LogP contribution >= 0.6 is 0 Å². The topological polar surface area (TPSA) is 95.7 Å². The highest BCUT2D eigenvalue weighted by Gasteiger charge is 2.32. The number of rotatable bonds is 4. The van der Waals surface area contributed by atoms with Gasteiger partial charge in [-0.15, -0.1) is 0 Å². The molecule has 2 N–H and O–H groups in total. The van der Waals surface area contributed by atoms with E-state index in [4.69, 9.17) is 0 Å². The first-order valence-corrected chi connectivity index (χ1v) is 7.91. The molecule has 2 aromatic rings. The predicted octanol–water partition coefficient (Wildman–Crippen LogP) is 2.05. The molecule has 2 aromatic carbocycles. The van der Waals surface area contributed by atoms with Gasteiger partial charge >= 0.3 is 0 Å². The Kier molecular flexibility index (Phi) is 4.41. The van der Waals surface area contributed by atoms with Crippen molar-refractivity contribution in [3.63, 3.8) is 0 Å². The smallest absolute Gasteiger partial charge is 0.270 e. The van der Waals surface area contributed by atoms with Crippen molar-refractivity contribution in [2.45, 2.75) is 18.6 Å². The second-order valence-corrected chi connectivity index (χ2v) is 6.27. The molecule has 3 rings (SSSR count). The molecular weight excluding hydrogens is 322 g/mol. The zero-order valence-corrected chi connectivity index (χ0v) is 14.0. The molecule has 130 valence electrons. The molecule has 0 spiro atoms. The molecule has 0 radical (unpaired) electrons. The number of carbonyl (C=O) groups is 1. The number of fused-ring (bicyclic) bond motifs is 1. The van der Waals surface area contributed by atoms with Gasteiger partial charge in [-0.25, -0.2) is 0 Å². The summed E-state index contributed by atoms with van der Waals surface area (Å²) in [4.78, 5) is 25.0. The van der Waals surface area contributed by atoms with E-state index in [9.17, 15) is 20.0 Å². The summed E-state index contributed by atoms with van der Waals surface area (Å²) in [5.41, 5.74) is 2.50. The third kappa shape index (κ3) is 3.18. The van der Waals surface area contributed by atoms with Crippen molar-refractivity contribution in [2.24, 2.45) is 0 Å². The molecule has 25 heavy (non-hydrogen) atoms. The number of amides is 1. The van der Waals surface area contributed by atoms with Gasteiger partial charge < -0.3 is 15.3 Å². The lowest BCUT2D eigenvalue weighted by atomic mass is 10.1. The van der Waals surface area contributed by atoms with Crippen LogP contribution in [0.5, 0.6) is 0 Å². The van der Waals surface area contributed by atoms with E-state index in [1.807, 2.05) is 24.3 Å². The van der Waals surface area contributed by atoms with E-state index < -0.39 is 23.0 Å². The van der Waals surface area contributed by atoms with Crippen LogP contribution in [0.2, 0.25) is 0 Å². The minimum absolute atomic E-state index is 0.150. The summed E-state index contributed by atoms with van der Waals surface area (Å²) in [7, 11) is 3.52. The van der Waals surface area contributed by atoms with E-state index in [1.165, 1.54) is 12.1 Å². The largest absolute Gasteiger partial charge is 0.390 e. The number of non-ortho nitro benzene ring substituents is 1. The lowest BCUT2D eigenvalue weighted by molar-refractivity contribution is -0.384. The Bertz CT molecular complexity index is 835. The first kappa shape index (κ1) is 16.9. The van der Waals surface area contributed by atoms with Crippen LogP contribution in [0, 0.1) is 10.1 Å². The zero-order chi connectivity index (χ0) is 18.1. The van der Waals surface area contributed by atoms with E-state index >= 15 is 0 Å². The van der Waals surface area contributed by atoms with Gasteiger partial charge in [0.05, 0.1) is 22.6 Å². The van der Waals surface area contributed by atoms with Gasteiger partial charge in [-0.2, -0.15) is 0 Å². The Morgan fingerprint density at radius 2 is 2.00 bits per heavy atom. The Morgan fingerprint density at radius 1 is 1.28 bits per heavy atom. The number of aliphatic hydroxyl groups excluding tert-OH is 1. The normalized spacial score (nSPS) is 18.5. The maximum atomic E-state index is 12.8. The lowest BCUT2D eigenvalue weighted by Gasteiger charge is -2.21. The summed E-state index contributed by atoms with van der Waals surface area (Å²) in [5.74, 6) is -0.451. The monoisotopic (exact) mass is 341 g/mol. The minimum Gasteiger partial charge on any atom is -0.390 e. The van der Waals surface area contributed by atoms with Gasteiger partial charge in [0.1, 0.15) is 0 Å². The zero-order valence-electron chi connectivity index (χ0n) is 14.0. The number of anilines is 1. The molecule has 1 amide bonds. The maximum absolute atomic E-state index is 12.8. The summed E-state index contributed by atoms with van der Waals surface area (Å²) in [6, 6.07) is 11.2. The average molecular weight is 341 g/mol. The van der Waals surface area contributed by atoms with E-state index in [0.29, 0.717) is 12.1 Å². The highest BCUT2D eigenvalue weighted by molar-refractivity contribution is 6.00. The molecule has 0 aromatic heterocycles. The average Bonchev–Trinajstić information content (AvgIpc) is 2.89. The second kappa shape index (κ2) is 6.52.